The van der Waals surface area contributed by atoms with E-state index in [-0.39, 0.29) is 18.1 Å². The fraction of sp³-hybridized carbons (Fsp3) is 0.294. The van der Waals surface area contributed by atoms with Gasteiger partial charge in [0.05, 0.1) is 24.7 Å². The number of aryl methyl sites for hydroxylation is 2. The van der Waals surface area contributed by atoms with Crippen LogP contribution in [0.5, 0.6) is 0 Å². The smallest absolute Gasteiger partial charge is 0.274 e. The summed E-state index contributed by atoms with van der Waals surface area (Å²) in [6.45, 7) is 3.87. The third-order valence-corrected chi connectivity index (χ3v) is 3.81. The van der Waals surface area contributed by atoms with E-state index in [0.29, 0.717) is 11.4 Å². The Balaban J connectivity index is 1.70. The first-order valence-corrected chi connectivity index (χ1v) is 8.10. The second kappa shape index (κ2) is 7.26. The third-order valence-electron chi connectivity index (χ3n) is 3.81. The van der Waals surface area contributed by atoms with Crippen LogP contribution in [0.15, 0.2) is 41.4 Å². The molecule has 2 amide bonds. The van der Waals surface area contributed by atoms with Gasteiger partial charge in [-0.1, -0.05) is 0 Å². The molecule has 0 aromatic carbocycles. The fourth-order valence-corrected chi connectivity index (χ4v) is 2.41. The SMILES string of the molecule is Cc1cnn(C(C)C(=O)Nc2cn(C)nc2C(=O)NCc2ccco2)c1. The summed E-state index contributed by atoms with van der Waals surface area (Å²) in [7, 11) is 1.68. The first-order valence-electron chi connectivity index (χ1n) is 8.10. The van der Waals surface area contributed by atoms with Crippen molar-refractivity contribution in [2.75, 3.05) is 5.32 Å². The summed E-state index contributed by atoms with van der Waals surface area (Å²) in [4.78, 5) is 24.9. The minimum atomic E-state index is -0.525. The highest BCUT2D eigenvalue weighted by molar-refractivity contribution is 6.02. The minimum absolute atomic E-state index is 0.135. The highest BCUT2D eigenvalue weighted by Gasteiger charge is 2.21. The zero-order chi connectivity index (χ0) is 18.7. The monoisotopic (exact) mass is 356 g/mol. The summed E-state index contributed by atoms with van der Waals surface area (Å²) >= 11 is 0. The van der Waals surface area contributed by atoms with Crippen LogP contribution >= 0.6 is 0 Å². The zero-order valence-electron chi connectivity index (χ0n) is 14.8. The molecule has 26 heavy (non-hydrogen) atoms. The number of hydrogen-bond donors (Lipinski definition) is 2. The zero-order valence-corrected chi connectivity index (χ0v) is 14.8. The molecule has 0 saturated heterocycles. The molecule has 3 aromatic heterocycles. The lowest BCUT2D eigenvalue weighted by molar-refractivity contribution is -0.119. The highest BCUT2D eigenvalue weighted by atomic mass is 16.3. The molecule has 3 heterocycles. The van der Waals surface area contributed by atoms with Gasteiger partial charge in [0.2, 0.25) is 5.91 Å². The summed E-state index contributed by atoms with van der Waals surface area (Å²) in [5.41, 5.74) is 1.44. The van der Waals surface area contributed by atoms with Gasteiger partial charge >= 0.3 is 0 Å². The minimum Gasteiger partial charge on any atom is -0.467 e. The van der Waals surface area contributed by atoms with Crippen LogP contribution in [0.3, 0.4) is 0 Å². The van der Waals surface area contributed by atoms with Gasteiger partial charge in [-0.2, -0.15) is 10.2 Å². The fourth-order valence-electron chi connectivity index (χ4n) is 2.41. The summed E-state index contributed by atoms with van der Waals surface area (Å²) in [5, 5.41) is 13.7. The van der Waals surface area contributed by atoms with E-state index in [2.05, 4.69) is 20.8 Å². The van der Waals surface area contributed by atoms with E-state index >= 15 is 0 Å². The third kappa shape index (κ3) is 3.82. The predicted molar refractivity (Wildman–Crippen MR) is 93.4 cm³/mol. The molecule has 3 aromatic rings. The molecule has 0 aliphatic heterocycles. The molecule has 9 heteroatoms. The van der Waals surface area contributed by atoms with Crippen LogP contribution in [0, 0.1) is 6.92 Å². The maximum atomic E-state index is 12.5. The van der Waals surface area contributed by atoms with Crippen molar-refractivity contribution in [2.24, 2.45) is 7.05 Å². The molecule has 9 nitrogen and oxygen atoms in total. The van der Waals surface area contributed by atoms with Crippen molar-refractivity contribution in [1.29, 1.82) is 0 Å². The first-order chi connectivity index (χ1) is 12.4. The van der Waals surface area contributed by atoms with Crippen LogP contribution in [0.1, 0.15) is 34.8 Å². The Bertz CT molecular complexity index is 909. The van der Waals surface area contributed by atoms with Crippen molar-refractivity contribution in [2.45, 2.75) is 26.4 Å². The van der Waals surface area contributed by atoms with E-state index in [1.165, 1.54) is 10.9 Å². The topological polar surface area (TPSA) is 107 Å². The maximum Gasteiger partial charge on any atom is 0.274 e. The van der Waals surface area contributed by atoms with Crippen LogP contribution < -0.4 is 10.6 Å². The van der Waals surface area contributed by atoms with Gasteiger partial charge in [0.15, 0.2) is 5.69 Å². The quantitative estimate of drug-likeness (QED) is 0.698. The average Bonchev–Trinajstić information content (AvgIpc) is 3.33. The highest BCUT2D eigenvalue weighted by Crippen LogP contribution is 2.16. The van der Waals surface area contributed by atoms with Crippen molar-refractivity contribution >= 4 is 17.5 Å². The molecule has 0 aliphatic carbocycles. The number of nitrogens with zero attached hydrogens (tertiary/aromatic N) is 4. The predicted octanol–water partition coefficient (Wildman–Crippen LogP) is 1.65. The number of anilines is 1. The molecule has 0 spiro atoms. The van der Waals surface area contributed by atoms with Crippen molar-refractivity contribution < 1.29 is 14.0 Å². The van der Waals surface area contributed by atoms with Gasteiger partial charge in [0.25, 0.3) is 5.91 Å². The number of amides is 2. The van der Waals surface area contributed by atoms with Gasteiger partial charge < -0.3 is 15.1 Å². The summed E-state index contributed by atoms with van der Waals surface area (Å²) in [6, 6.07) is 2.98. The molecular weight excluding hydrogens is 336 g/mol. The van der Waals surface area contributed by atoms with E-state index in [4.69, 9.17) is 4.42 Å². The molecular formula is C17H20N6O3. The molecule has 1 atom stereocenters. The Hall–Kier alpha value is -3.36. The second-order valence-corrected chi connectivity index (χ2v) is 5.99. The summed E-state index contributed by atoms with van der Waals surface area (Å²) in [6.07, 6.45) is 6.58. The lowest BCUT2D eigenvalue weighted by Gasteiger charge is -2.12. The summed E-state index contributed by atoms with van der Waals surface area (Å²) < 4.78 is 8.22. The molecule has 0 bridgehead atoms. The van der Waals surface area contributed by atoms with Crippen LogP contribution in [-0.2, 0) is 18.4 Å². The number of carbonyl (C=O) groups is 2. The Morgan fingerprint density at radius 1 is 1.35 bits per heavy atom. The van der Waals surface area contributed by atoms with Crippen LogP contribution in [0.4, 0.5) is 5.69 Å². The van der Waals surface area contributed by atoms with Crippen molar-refractivity contribution in [3.63, 3.8) is 0 Å². The van der Waals surface area contributed by atoms with Crippen molar-refractivity contribution in [3.05, 3.63) is 54.0 Å². The largest absolute Gasteiger partial charge is 0.467 e. The lowest BCUT2D eigenvalue weighted by atomic mass is 10.2. The number of aromatic nitrogens is 4. The molecule has 136 valence electrons. The number of nitrogens with one attached hydrogen (secondary N) is 2. The van der Waals surface area contributed by atoms with Crippen molar-refractivity contribution in [3.8, 4) is 0 Å². The maximum absolute atomic E-state index is 12.5. The van der Waals surface area contributed by atoms with E-state index in [1.54, 1.807) is 49.4 Å². The molecule has 0 radical (unpaired) electrons. The molecule has 1 unspecified atom stereocenters. The van der Waals surface area contributed by atoms with E-state index < -0.39 is 11.9 Å². The van der Waals surface area contributed by atoms with Gasteiger partial charge in [-0.05, 0) is 31.5 Å². The average molecular weight is 356 g/mol. The van der Waals surface area contributed by atoms with Gasteiger partial charge in [0.1, 0.15) is 11.8 Å². The molecule has 0 fully saturated rings. The second-order valence-electron chi connectivity index (χ2n) is 5.99. The van der Waals surface area contributed by atoms with Gasteiger partial charge in [-0.25, -0.2) is 0 Å². The van der Waals surface area contributed by atoms with E-state index in [1.807, 2.05) is 6.92 Å². The number of rotatable bonds is 6. The lowest BCUT2D eigenvalue weighted by Crippen LogP contribution is -2.27. The Labute approximate surface area is 150 Å². The van der Waals surface area contributed by atoms with Crippen LogP contribution in [0.25, 0.3) is 0 Å². The molecule has 0 saturated carbocycles. The molecule has 0 aliphatic rings. The Morgan fingerprint density at radius 2 is 2.15 bits per heavy atom. The van der Waals surface area contributed by atoms with Crippen LogP contribution in [0.2, 0.25) is 0 Å². The van der Waals surface area contributed by atoms with Crippen LogP contribution in [-0.4, -0.2) is 31.4 Å². The standard InChI is InChI=1S/C17H20N6O3/c1-11-7-19-23(9-11)12(2)16(24)20-14-10-22(3)21-15(14)17(25)18-8-13-5-4-6-26-13/h4-7,9-10,12H,8H2,1-3H3,(H,18,25)(H,20,24). The summed E-state index contributed by atoms with van der Waals surface area (Å²) in [5.74, 6) is -0.0661. The Kier molecular flexibility index (Phi) is 4.87. The molecule has 3 rings (SSSR count). The number of carbonyl (C=O) groups excluding carboxylic acids is 2. The van der Waals surface area contributed by atoms with Gasteiger partial charge in [-0.15, -0.1) is 0 Å². The number of furan rings is 1. The van der Waals surface area contributed by atoms with Crippen molar-refractivity contribution in [1.82, 2.24) is 24.9 Å². The number of hydrogen-bond acceptors (Lipinski definition) is 5. The van der Waals surface area contributed by atoms with E-state index in [0.717, 1.165) is 5.56 Å². The first kappa shape index (κ1) is 17.5. The van der Waals surface area contributed by atoms with Gasteiger partial charge in [0, 0.05) is 19.4 Å². The molecule has 2 N–H and O–H groups in total. The normalized spacial score (nSPS) is 12.0. The Morgan fingerprint density at radius 3 is 2.81 bits per heavy atom. The van der Waals surface area contributed by atoms with E-state index in [9.17, 15) is 9.59 Å². The van der Waals surface area contributed by atoms with Gasteiger partial charge in [-0.3, -0.25) is 19.0 Å².